The Morgan fingerprint density at radius 2 is 2.21 bits per heavy atom. The van der Waals surface area contributed by atoms with E-state index in [1.165, 1.54) is 16.4 Å². The van der Waals surface area contributed by atoms with Crippen molar-refractivity contribution in [3.8, 4) is 0 Å². The van der Waals surface area contributed by atoms with E-state index in [2.05, 4.69) is 15.9 Å². The molecule has 0 radical (unpaired) electrons. The van der Waals surface area contributed by atoms with Crippen LogP contribution in [-0.2, 0) is 10.0 Å². The molecule has 0 amide bonds. The van der Waals surface area contributed by atoms with Crippen LogP contribution < -0.4 is 5.73 Å². The number of hydrogen-bond acceptors (Lipinski definition) is 3. The van der Waals surface area contributed by atoms with Gasteiger partial charge in [-0.2, -0.15) is 4.31 Å². The number of halogens is 2. The molecule has 1 aromatic rings. The van der Waals surface area contributed by atoms with Crippen molar-refractivity contribution in [1.82, 2.24) is 4.31 Å². The third-order valence-electron chi connectivity index (χ3n) is 3.40. The topological polar surface area (TPSA) is 63.4 Å². The molecule has 0 aromatic heterocycles. The van der Waals surface area contributed by atoms with Crippen molar-refractivity contribution in [3.63, 3.8) is 0 Å². The van der Waals surface area contributed by atoms with Crippen molar-refractivity contribution < 1.29 is 12.8 Å². The normalized spacial score (nSPS) is 20.9. The van der Waals surface area contributed by atoms with Crippen molar-refractivity contribution in [1.29, 1.82) is 0 Å². The van der Waals surface area contributed by atoms with Crippen LogP contribution in [0.1, 0.15) is 26.2 Å². The van der Waals surface area contributed by atoms with Gasteiger partial charge in [0.1, 0.15) is 4.90 Å². The molecule has 7 heteroatoms. The number of nitrogens with two attached hydrogens (primary N) is 1. The SMILES string of the molecule is CCC1CCCN1S(=O)(=O)c1cc(N)cc(Br)c1F. The van der Waals surface area contributed by atoms with Gasteiger partial charge in [-0.3, -0.25) is 0 Å². The predicted molar refractivity (Wildman–Crippen MR) is 75.7 cm³/mol. The molecule has 0 bridgehead atoms. The quantitative estimate of drug-likeness (QED) is 0.852. The van der Waals surface area contributed by atoms with E-state index in [0.717, 1.165) is 19.3 Å². The molecule has 1 aliphatic rings. The Morgan fingerprint density at radius 1 is 1.53 bits per heavy atom. The first-order chi connectivity index (χ1) is 8.87. The monoisotopic (exact) mass is 350 g/mol. The van der Waals surface area contributed by atoms with Gasteiger partial charge in [-0.25, -0.2) is 12.8 Å². The maximum absolute atomic E-state index is 14.1. The van der Waals surface area contributed by atoms with E-state index in [-0.39, 0.29) is 21.1 Å². The molecule has 106 valence electrons. The van der Waals surface area contributed by atoms with Crippen LogP contribution in [0.25, 0.3) is 0 Å². The van der Waals surface area contributed by atoms with Crippen LogP contribution in [0.5, 0.6) is 0 Å². The first-order valence-electron chi connectivity index (χ1n) is 6.14. The number of nitrogens with zero attached hydrogens (tertiary/aromatic N) is 1. The fraction of sp³-hybridized carbons (Fsp3) is 0.500. The van der Waals surface area contributed by atoms with Gasteiger partial charge in [-0.15, -0.1) is 0 Å². The van der Waals surface area contributed by atoms with Gasteiger partial charge < -0.3 is 5.73 Å². The molecule has 19 heavy (non-hydrogen) atoms. The summed E-state index contributed by atoms with van der Waals surface area (Å²) in [7, 11) is -3.83. The Kier molecular flexibility index (Phi) is 4.17. The van der Waals surface area contributed by atoms with Crippen molar-refractivity contribution >= 4 is 31.6 Å². The summed E-state index contributed by atoms with van der Waals surface area (Å²) < 4.78 is 40.6. The Hall–Kier alpha value is -0.660. The zero-order valence-electron chi connectivity index (χ0n) is 10.6. The van der Waals surface area contributed by atoms with E-state index in [1.54, 1.807) is 0 Å². The minimum Gasteiger partial charge on any atom is -0.399 e. The Labute approximate surface area is 121 Å². The fourth-order valence-corrected chi connectivity index (χ4v) is 4.93. The minimum absolute atomic E-state index is 0.0513. The summed E-state index contributed by atoms with van der Waals surface area (Å²) in [6.45, 7) is 2.37. The molecule has 1 atom stereocenters. The van der Waals surface area contributed by atoms with Gasteiger partial charge in [-0.05, 0) is 47.3 Å². The number of sulfonamides is 1. The zero-order valence-corrected chi connectivity index (χ0v) is 13.0. The highest BCUT2D eigenvalue weighted by atomic mass is 79.9. The molecular formula is C12H16BrFN2O2S. The second-order valence-electron chi connectivity index (χ2n) is 4.63. The molecular weight excluding hydrogens is 335 g/mol. The summed E-state index contributed by atoms with van der Waals surface area (Å²) in [4.78, 5) is -0.347. The molecule has 2 rings (SSSR count). The molecule has 1 fully saturated rings. The first kappa shape index (κ1) is 14.7. The summed E-state index contributed by atoms with van der Waals surface area (Å²) in [5, 5.41) is 0. The van der Waals surface area contributed by atoms with E-state index >= 15 is 0 Å². The van der Waals surface area contributed by atoms with Gasteiger partial charge in [0.25, 0.3) is 0 Å². The highest BCUT2D eigenvalue weighted by Gasteiger charge is 2.36. The summed E-state index contributed by atoms with van der Waals surface area (Å²) in [5.41, 5.74) is 5.83. The van der Waals surface area contributed by atoms with Crippen LogP contribution in [0, 0.1) is 5.82 Å². The predicted octanol–water partition coefficient (Wildman–Crippen LogP) is 2.73. The van der Waals surface area contributed by atoms with Crippen LogP contribution in [0.4, 0.5) is 10.1 Å². The average molecular weight is 351 g/mol. The third kappa shape index (κ3) is 2.64. The molecule has 1 saturated heterocycles. The standard InChI is InChI=1S/C12H16BrFN2O2S/c1-2-9-4-3-5-16(9)19(17,18)11-7-8(15)6-10(13)12(11)14/h6-7,9H,2-5,15H2,1H3. The molecule has 0 aliphatic carbocycles. The van der Waals surface area contributed by atoms with Crippen molar-refractivity contribution in [3.05, 3.63) is 22.4 Å². The molecule has 0 saturated carbocycles. The van der Waals surface area contributed by atoms with Crippen LogP contribution in [0.2, 0.25) is 0 Å². The van der Waals surface area contributed by atoms with Crippen LogP contribution in [0.15, 0.2) is 21.5 Å². The van der Waals surface area contributed by atoms with Crippen LogP contribution in [0.3, 0.4) is 0 Å². The number of rotatable bonds is 3. The molecule has 1 aliphatic heterocycles. The lowest BCUT2D eigenvalue weighted by Gasteiger charge is -2.23. The second-order valence-corrected chi connectivity index (χ2v) is 7.35. The van der Waals surface area contributed by atoms with Crippen molar-refractivity contribution in [2.75, 3.05) is 12.3 Å². The zero-order chi connectivity index (χ0) is 14.2. The fourth-order valence-electron chi connectivity index (χ4n) is 2.43. The largest absolute Gasteiger partial charge is 0.399 e. The molecule has 4 nitrogen and oxygen atoms in total. The van der Waals surface area contributed by atoms with E-state index in [1.807, 2.05) is 6.92 Å². The number of benzene rings is 1. The number of hydrogen-bond donors (Lipinski definition) is 1. The minimum atomic E-state index is -3.83. The molecule has 1 unspecified atom stereocenters. The van der Waals surface area contributed by atoms with Gasteiger partial charge >= 0.3 is 0 Å². The highest BCUT2D eigenvalue weighted by molar-refractivity contribution is 9.10. The van der Waals surface area contributed by atoms with Crippen LogP contribution >= 0.6 is 15.9 Å². The maximum atomic E-state index is 14.1. The lowest BCUT2D eigenvalue weighted by molar-refractivity contribution is 0.377. The Balaban J connectivity index is 2.51. The lowest BCUT2D eigenvalue weighted by Crippen LogP contribution is -2.35. The molecule has 0 spiro atoms. The molecule has 1 heterocycles. The van der Waals surface area contributed by atoms with E-state index in [9.17, 15) is 12.8 Å². The summed E-state index contributed by atoms with van der Waals surface area (Å²) in [6, 6.07) is 2.49. The van der Waals surface area contributed by atoms with Crippen LogP contribution in [-0.4, -0.2) is 25.3 Å². The summed E-state index contributed by atoms with van der Waals surface area (Å²) in [5.74, 6) is -0.782. The maximum Gasteiger partial charge on any atom is 0.246 e. The number of anilines is 1. The Morgan fingerprint density at radius 3 is 2.84 bits per heavy atom. The summed E-state index contributed by atoms with van der Waals surface area (Å²) in [6.07, 6.45) is 2.36. The first-order valence-corrected chi connectivity index (χ1v) is 8.37. The van der Waals surface area contributed by atoms with E-state index in [4.69, 9.17) is 5.73 Å². The second kappa shape index (κ2) is 5.38. The molecule has 1 aromatic carbocycles. The van der Waals surface area contributed by atoms with E-state index in [0.29, 0.717) is 6.54 Å². The Bertz CT molecular complexity index is 592. The highest BCUT2D eigenvalue weighted by Crippen LogP contribution is 2.32. The molecule has 2 N–H and O–H groups in total. The van der Waals surface area contributed by atoms with Gasteiger partial charge in [0.15, 0.2) is 5.82 Å². The number of nitrogen functional groups attached to an aromatic ring is 1. The van der Waals surface area contributed by atoms with E-state index < -0.39 is 15.8 Å². The van der Waals surface area contributed by atoms with Gasteiger partial charge in [0.05, 0.1) is 4.47 Å². The van der Waals surface area contributed by atoms with Crippen molar-refractivity contribution in [2.45, 2.75) is 37.1 Å². The lowest BCUT2D eigenvalue weighted by atomic mass is 10.2. The third-order valence-corrected chi connectivity index (χ3v) is 5.93. The van der Waals surface area contributed by atoms with Gasteiger partial charge in [0.2, 0.25) is 10.0 Å². The van der Waals surface area contributed by atoms with Crippen molar-refractivity contribution in [2.24, 2.45) is 0 Å². The van der Waals surface area contributed by atoms with Gasteiger partial charge in [-0.1, -0.05) is 6.92 Å². The average Bonchev–Trinajstić information content (AvgIpc) is 2.82. The van der Waals surface area contributed by atoms with Gasteiger partial charge in [0, 0.05) is 18.3 Å². The smallest absolute Gasteiger partial charge is 0.246 e. The summed E-state index contributed by atoms with van der Waals surface area (Å²) >= 11 is 2.99.